The number of amides is 6. The van der Waals surface area contributed by atoms with Gasteiger partial charge in [0.05, 0.1) is 49.9 Å². The van der Waals surface area contributed by atoms with Crippen LogP contribution in [0.4, 0.5) is 0 Å². The van der Waals surface area contributed by atoms with Crippen LogP contribution < -0.4 is 27.0 Å². The average molecular weight is 965 g/mol. The number of nitrogens with zero attached hydrogens (tertiary/aromatic N) is 3. The van der Waals surface area contributed by atoms with Crippen molar-refractivity contribution in [2.75, 3.05) is 26.4 Å². The van der Waals surface area contributed by atoms with Crippen molar-refractivity contribution in [3.63, 3.8) is 0 Å². The molecule has 21 nitrogen and oxygen atoms in total. The fourth-order valence-corrected chi connectivity index (χ4v) is 7.94. The third-order valence-corrected chi connectivity index (χ3v) is 11.5. The molecule has 0 saturated carbocycles. The van der Waals surface area contributed by atoms with Gasteiger partial charge in [0, 0.05) is 31.4 Å². The number of rotatable bonds is 28. The molecule has 0 radical (unpaired) electrons. The smallest absolute Gasteiger partial charge is 0.394 e. The predicted molar refractivity (Wildman–Crippen MR) is 246 cm³/mol. The van der Waals surface area contributed by atoms with Crippen molar-refractivity contribution in [2.24, 2.45) is 11.7 Å². The molecule has 1 aromatic carbocycles. The largest absolute Gasteiger partial charge is 0.469 e. The number of imidazole rings is 1. The Kier molecular flexibility index (Phi) is 22.1. The molecule has 2 heterocycles. The van der Waals surface area contributed by atoms with E-state index in [0.717, 1.165) is 26.2 Å². The first-order chi connectivity index (χ1) is 31.3. The molecule has 0 unspecified atom stereocenters. The monoisotopic (exact) mass is 965 g/mol. The number of nitrogens with two attached hydrogens (primary N) is 1. The van der Waals surface area contributed by atoms with Crippen LogP contribution in [0.15, 0.2) is 42.9 Å². The number of likely N-dealkylation sites (tertiary alicyclic amines) is 1. The van der Waals surface area contributed by atoms with E-state index in [0.29, 0.717) is 38.2 Å². The van der Waals surface area contributed by atoms with Crippen molar-refractivity contribution >= 4 is 43.3 Å². The zero-order valence-corrected chi connectivity index (χ0v) is 41.0. The van der Waals surface area contributed by atoms with E-state index in [2.05, 4.69) is 30.8 Å². The summed E-state index contributed by atoms with van der Waals surface area (Å²) in [6, 6.07) is 2.99. The van der Waals surface area contributed by atoms with E-state index < -0.39 is 85.9 Å². The number of aromatic nitrogens is 2. The topological polar surface area (TPSA) is 303 Å². The molecule has 3 rings (SSSR count). The number of aliphatic hydroxyl groups excluding tert-OH is 1. The molecule has 1 fully saturated rings. The molecule has 0 aliphatic carbocycles. The number of aryl methyl sites for hydroxylation is 2. The minimum absolute atomic E-state index is 0.0231. The van der Waals surface area contributed by atoms with Gasteiger partial charge in [0.25, 0.3) is 0 Å². The second kappa shape index (κ2) is 26.1. The van der Waals surface area contributed by atoms with E-state index in [9.17, 15) is 48.2 Å². The molecule has 6 amide bonds. The fourth-order valence-electron chi connectivity index (χ4n) is 7.38. The Morgan fingerprint density at radius 3 is 2.15 bits per heavy atom. The molecule has 9 N–H and O–H groups in total. The van der Waals surface area contributed by atoms with Gasteiger partial charge in [0.1, 0.15) is 30.2 Å². The number of benzene rings is 1. The van der Waals surface area contributed by atoms with Crippen molar-refractivity contribution in [2.45, 2.75) is 161 Å². The quantitative estimate of drug-likeness (QED) is 0.0442. The fraction of sp³-hybridized carbons (Fsp3) is 0.667. The Labute approximate surface area is 393 Å². The number of hydrogen-bond donors (Lipinski definition) is 8. The first-order valence-corrected chi connectivity index (χ1v) is 24.3. The van der Waals surface area contributed by atoms with E-state index in [-0.39, 0.29) is 43.3 Å². The predicted octanol–water partition coefficient (Wildman–Crippen LogP) is 1.40. The summed E-state index contributed by atoms with van der Waals surface area (Å²) in [6.45, 7) is 14.6. The summed E-state index contributed by atoms with van der Waals surface area (Å²) in [5.74, 6) is -4.99. The van der Waals surface area contributed by atoms with Crippen LogP contribution in [0.1, 0.15) is 105 Å². The van der Waals surface area contributed by atoms with Gasteiger partial charge in [0.2, 0.25) is 35.4 Å². The van der Waals surface area contributed by atoms with Crippen LogP contribution in [0.2, 0.25) is 0 Å². The summed E-state index contributed by atoms with van der Waals surface area (Å²) in [6.07, 6.45) is 4.89. The van der Waals surface area contributed by atoms with E-state index >= 15 is 0 Å². The summed E-state index contributed by atoms with van der Waals surface area (Å²) in [7, 11) is -5.13. The molecule has 0 spiro atoms. The average Bonchev–Trinajstić information content (AvgIpc) is 3.91. The normalized spacial score (nSPS) is 16.7. The molecular weight excluding hydrogens is 892 g/mol. The number of hydrogen-bond acceptors (Lipinski definition) is 12. The Morgan fingerprint density at radius 2 is 1.54 bits per heavy atom. The highest BCUT2D eigenvalue weighted by Crippen LogP contribution is 2.38. The molecule has 2 aromatic rings. The molecule has 376 valence electrons. The molecule has 67 heavy (non-hydrogen) atoms. The van der Waals surface area contributed by atoms with E-state index in [1.807, 2.05) is 83.4 Å². The van der Waals surface area contributed by atoms with Gasteiger partial charge >= 0.3 is 7.82 Å². The van der Waals surface area contributed by atoms with E-state index in [1.54, 1.807) is 6.33 Å². The van der Waals surface area contributed by atoms with Crippen LogP contribution in [0, 0.1) is 5.92 Å². The van der Waals surface area contributed by atoms with Gasteiger partial charge in [0.15, 0.2) is 0 Å². The maximum Gasteiger partial charge on any atom is 0.469 e. The third kappa shape index (κ3) is 20.2. The zero-order valence-electron chi connectivity index (χ0n) is 40.1. The van der Waals surface area contributed by atoms with Gasteiger partial charge in [-0.15, -0.1) is 0 Å². The summed E-state index contributed by atoms with van der Waals surface area (Å²) in [5, 5.41) is 20.3. The van der Waals surface area contributed by atoms with Gasteiger partial charge in [-0.25, -0.2) is 9.55 Å². The van der Waals surface area contributed by atoms with Crippen LogP contribution in [0.25, 0.3) is 0 Å². The molecule has 22 heteroatoms. The van der Waals surface area contributed by atoms with Gasteiger partial charge < -0.3 is 60.8 Å². The number of nitrogens with one attached hydrogen (secondary N) is 4. The highest BCUT2D eigenvalue weighted by molar-refractivity contribution is 7.46. The number of phosphoric ester groups is 1. The maximum atomic E-state index is 14.3. The standard InChI is InChI=1S/C45H73N8O13P/c1-29(2)23-33(49-43(60)36-18-14-21-53(36)37(55)19-22-64-45(7,8)27-65-44(4,5)6)40(57)48-34(24-32-25-47-28-52(32)20-13-12-17-31-15-10-9-11-16-31)41(58)50-35(26-54)42(59)51-38(39(46)56)30(3)66-67(61,62)63/h9-11,15-16,25,28-30,33-36,38,54H,12-14,17-24,26-27H2,1-8H3,(H2,46,56)(H,48,57)(H,49,60)(H,50,58)(H,51,59)(H2,61,62,63)/t30-,33+,34+,35+,36+,38+/m1/s1. The van der Waals surface area contributed by atoms with Crippen molar-refractivity contribution < 1.29 is 62.2 Å². The lowest BCUT2D eigenvalue weighted by Crippen LogP contribution is -2.61. The van der Waals surface area contributed by atoms with Crippen LogP contribution in [0.5, 0.6) is 0 Å². The van der Waals surface area contributed by atoms with Gasteiger partial charge in [-0.2, -0.15) is 0 Å². The van der Waals surface area contributed by atoms with Crippen LogP contribution in [0.3, 0.4) is 0 Å². The molecule has 1 aromatic heterocycles. The number of primary amides is 1. The lowest BCUT2D eigenvalue weighted by Gasteiger charge is -2.31. The second-order valence-corrected chi connectivity index (χ2v) is 20.1. The molecule has 1 aliphatic heterocycles. The van der Waals surface area contributed by atoms with Crippen LogP contribution >= 0.6 is 7.82 Å². The van der Waals surface area contributed by atoms with Crippen molar-refractivity contribution in [3.05, 3.63) is 54.1 Å². The van der Waals surface area contributed by atoms with E-state index in [1.165, 1.54) is 16.7 Å². The summed E-state index contributed by atoms with van der Waals surface area (Å²) >= 11 is 0. The number of unbranched alkanes of at least 4 members (excludes halogenated alkanes) is 1. The minimum Gasteiger partial charge on any atom is -0.394 e. The Morgan fingerprint density at radius 1 is 0.896 bits per heavy atom. The summed E-state index contributed by atoms with van der Waals surface area (Å²) in [5.41, 5.74) is 6.07. The maximum absolute atomic E-state index is 14.3. The summed E-state index contributed by atoms with van der Waals surface area (Å²) < 4.78 is 29.6. The third-order valence-electron chi connectivity index (χ3n) is 10.9. The first kappa shape index (κ1) is 56.6. The second-order valence-electron chi connectivity index (χ2n) is 18.9. The van der Waals surface area contributed by atoms with Crippen LogP contribution in [-0.4, -0.2) is 139 Å². The van der Waals surface area contributed by atoms with Gasteiger partial charge in [-0.1, -0.05) is 44.2 Å². The number of phosphoric acid groups is 1. The number of aliphatic hydroxyl groups is 1. The lowest BCUT2D eigenvalue weighted by molar-refractivity contribution is -0.143. The Bertz CT molecular complexity index is 1990. The van der Waals surface area contributed by atoms with Crippen molar-refractivity contribution in [1.29, 1.82) is 0 Å². The van der Waals surface area contributed by atoms with E-state index in [4.69, 9.17) is 15.2 Å². The minimum atomic E-state index is -5.13. The number of ether oxygens (including phenoxy) is 2. The highest BCUT2D eigenvalue weighted by Gasteiger charge is 2.38. The molecule has 1 aliphatic rings. The number of carbonyl (C=O) groups excluding carboxylic acids is 6. The van der Waals surface area contributed by atoms with Crippen molar-refractivity contribution in [3.8, 4) is 0 Å². The lowest BCUT2D eigenvalue weighted by atomic mass is 10.0. The van der Waals surface area contributed by atoms with Crippen molar-refractivity contribution in [1.82, 2.24) is 35.7 Å². The zero-order chi connectivity index (χ0) is 50.1. The molecule has 0 bridgehead atoms. The molecule has 1 saturated heterocycles. The Balaban J connectivity index is 1.81. The molecule has 6 atom stereocenters. The van der Waals surface area contributed by atoms with Gasteiger partial charge in [-0.05, 0) is 91.5 Å². The Hall–Kier alpha value is -4.76. The van der Waals surface area contributed by atoms with Crippen LogP contribution in [-0.2, 0) is 66.7 Å². The SMILES string of the molecule is CC(C)C[C@H](NC(=O)[C@@H]1CCCN1C(=O)CCOC(C)(C)COC(C)(C)C)C(=O)N[C@@H](Cc1cncn1CCCCc1ccccc1)C(=O)N[C@@H](CO)C(=O)N[C@H](C(N)=O)[C@@H](C)OP(=O)(O)O. The molecular formula is C45H73N8O13P. The summed E-state index contributed by atoms with van der Waals surface area (Å²) in [4.78, 5) is 106. The number of carbonyl (C=O) groups is 6. The van der Waals surface area contributed by atoms with Gasteiger partial charge in [-0.3, -0.25) is 33.3 Å². The first-order valence-electron chi connectivity index (χ1n) is 22.7. The highest BCUT2D eigenvalue weighted by atomic mass is 31.2.